The van der Waals surface area contributed by atoms with Gasteiger partial charge in [-0.05, 0) is 83.6 Å². The second kappa shape index (κ2) is 8.76. The molecule has 0 aliphatic rings. The zero-order valence-electron chi connectivity index (χ0n) is 23.5. The zero-order chi connectivity index (χ0) is 28.8. The van der Waals surface area contributed by atoms with Gasteiger partial charge in [-0.15, -0.1) is 0 Å². The highest BCUT2D eigenvalue weighted by Gasteiger charge is 2.21. The van der Waals surface area contributed by atoms with Crippen molar-refractivity contribution in [2.45, 2.75) is 0 Å². The van der Waals surface area contributed by atoms with Gasteiger partial charge in [-0.25, -0.2) is 0 Å². The number of furan rings is 3. The molecule has 0 saturated heterocycles. The summed E-state index contributed by atoms with van der Waals surface area (Å²) in [5.74, 6) is 0. The van der Waals surface area contributed by atoms with Gasteiger partial charge < -0.3 is 18.2 Å². The van der Waals surface area contributed by atoms with Gasteiger partial charge in [0.15, 0.2) is 5.58 Å². The van der Waals surface area contributed by atoms with Crippen LogP contribution in [-0.4, -0.2) is 0 Å². The van der Waals surface area contributed by atoms with Crippen LogP contribution >= 0.6 is 0 Å². The Balaban J connectivity index is 1.27. The van der Waals surface area contributed by atoms with Gasteiger partial charge in [-0.3, -0.25) is 0 Å². The molecule has 0 aliphatic heterocycles. The van der Waals surface area contributed by atoms with Gasteiger partial charge in [0.05, 0.1) is 5.69 Å². The van der Waals surface area contributed by atoms with Crippen molar-refractivity contribution in [2.75, 3.05) is 4.90 Å². The van der Waals surface area contributed by atoms with Crippen molar-refractivity contribution in [3.05, 3.63) is 140 Å². The molecule has 0 atom stereocenters. The molecule has 0 aliphatic carbocycles. The van der Waals surface area contributed by atoms with Crippen molar-refractivity contribution in [3.63, 3.8) is 0 Å². The van der Waals surface area contributed by atoms with Gasteiger partial charge in [0.2, 0.25) is 0 Å². The predicted molar refractivity (Wildman–Crippen MR) is 180 cm³/mol. The van der Waals surface area contributed by atoms with Crippen molar-refractivity contribution >= 4 is 93.7 Å². The maximum absolute atomic E-state index is 6.51. The van der Waals surface area contributed by atoms with Crippen molar-refractivity contribution in [1.29, 1.82) is 0 Å². The smallest absolute Gasteiger partial charge is 0.159 e. The molecule has 0 fully saturated rings. The monoisotopic (exact) mass is 565 g/mol. The van der Waals surface area contributed by atoms with Gasteiger partial charge in [-0.1, -0.05) is 66.7 Å². The Morgan fingerprint density at radius 1 is 0.341 bits per heavy atom. The SMILES string of the molecule is c1ccc(N(c2ccc3oc4ccc5c(ccc6oc7ccccc7c65)c4c3c2)c2cccc3c2oc2ccccc23)cc1. The molecule has 10 rings (SSSR count). The predicted octanol–water partition coefficient (Wildman–Crippen LogP) is 12.0. The molecule has 3 heterocycles. The van der Waals surface area contributed by atoms with Crippen LogP contribution in [0.1, 0.15) is 0 Å². The maximum atomic E-state index is 6.51. The normalized spacial score (nSPS) is 12.1. The Labute approximate surface area is 250 Å². The average Bonchev–Trinajstić information content (AvgIpc) is 3.77. The molecule has 4 nitrogen and oxygen atoms in total. The van der Waals surface area contributed by atoms with Crippen LogP contribution in [0.5, 0.6) is 0 Å². The first kappa shape index (κ1) is 23.6. The summed E-state index contributed by atoms with van der Waals surface area (Å²) in [6, 6.07) is 48.2. The lowest BCUT2D eigenvalue weighted by Crippen LogP contribution is -2.10. The molecule has 10 aromatic rings. The third kappa shape index (κ3) is 3.22. The van der Waals surface area contributed by atoms with Gasteiger partial charge >= 0.3 is 0 Å². The van der Waals surface area contributed by atoms with Crippen LogP contribution < -0.4 is 4.90 Å². The molecule has 44 heavy (non-hydrogen) atoms. The summed E-state index contributed by atoms with van der Waals surface area (Å²) in [5, 5.41) is 8.91. The van der Waals surface area contributed by atoms with Crippen LogP contribution in [0, 0.1) is 0 Å². The van der Waals surface area contributed by atoms with E-state index >= 15 is 0 Å². The standard InChI is InChI=1S/C40H23NO3/c1-2-9-24(10-3-1)41(32-14-8-13-29-26-11-4-6-15-33(26)44-40(29)32)25-17-20-35-31(23-25)39-28-19-21-36-38(27(28)18-22-37(39)43-35)30-12-5-7-16-34(30)42-36/h1-23H. The lowest BCUT2D eigenvalue weighted by Gasteiger charge is -2.25. The highest BCUT2D eigenvalue weighted by atomic mass is 16.3. The zero-order valence-corrected chi connectivity index (χ0v) is 23.5. The maximum Gasteiger partial charge on any atom is 0.159 e. The Bertz CT molecular complexity index is 2730. The fourth-order valence-electron chi connectivity index (χ4n) is 6.94. The Kier molecular flexibility index (Phi) is 4.69. The third-order valence-corrected chi connectivity index (χ3v) is 8.85. The number of nitrogens with zero attached hydrogens (tertiary/aromatic N) is 1. The summed E-state index contributed by atoms with van der Waals surface area (Å²) in [6.45, 7) is 0. The summed E-state index contributed by atoms with van der Waals surface area (Å²) >= 11 is 0. The number of anilines is 3. The van der Waals surface area contributed by atoms with Crippen LogP contribution in [0.25, 0.3) is 76.6 Å². The average molecular weight is 566 g/mol. The number of fused-ring (bicyclic) bond motifs is 12. The van der Waals surface area contributed by atoms with E-state index in [2.05, 4.69) is 114 Å². The van der Waals surface area contributed by atoms with Crippen molar-refractivity contribution in [2.24, 2.45) is 0 Å². The van der Waals surface area contributed by atoms with Gasteiger partial charge in [0, 0.05) is 43.7 Å². The molecule has 0 saturated carbocycles. The molecular weight excluding hydrogens is 542 g/mol. The third-order valence-electron chi connectivity index (χ3n) is 8.85. The van der Waals surface area contributed by atoms with E-state index in [9.17, 15) is 0 Å². The molecular formula is C40H23NO3. The first-order chi connectivity index (χ1) is 21.8. The molecule has 0 unspecified atom stereocenters. The number of hydrogen-bond acceptors (Lipinski definition) is 4. The number of hydrogen-bond donors (Lipinski definition) is 0. The van der Waals surface area contributed by atoms with Crippen LogP contribution in [-0.2, 0) is 0 Å². The first-order valence-electron chi connectivity index (χ1n) is 14.8. The molecule has 206 valence electrons. The van der Waals surface area contributed by atoms with Gasteiger partial charge in [0.1, 0.15) is 27.9 Å². The summed E-state index contributed by atoms with van der Waals surface area (Å²) in [6.07, 6.45) is 0. The molecule has 3 aromatic heterocycles. The minimum atomic E-state index is 0.850. The molecule has 0 N–H and O–H groups in total. The topological polar surface area (TPSA) is 42.7 Å². The number of para-hydroxylation sites is 4. The second-order valence-electron chi connectivity index (χ2n) is 11.3. The van der Waals surface area contributed by atoms with E-state index in [4.69, 9.17) is 13.3 Å². The molecule has 0 spiro atoms. The summed E-state index contributed by atoms with van der Waals surface area (Å²) < 4.78 is 19.2. The lowest BCUT2D eigenvalue weighted by molar-refractivity contribution is 0.668. The van der Waals surface area contributed by atoms with E-state index in [1.165, 1.54) is 0 Å². The molecule has 0 bridgehead atoms. The lowest BCUT2D eigenvalue weighted by atomic mass is 9.99. The van der Waals surface area contributed by atoms with E-state index in [0.29, 0.717) is 0 Å². The Morgan fingerprint density at radius 2 is 0.932 bits per heavy atom. The largest absolute Gasteiger partial charge is 0.456 e. The Hall–Kier alpha value is -6.00. The van der Waals surface area contributed by atoms with Crippen LogP contribution in [0.15, 0.2) is 153 Å². The minimum Gasteiger partial charge on any atom is -0.456 e. The minimum absolute atomic E-state index is 0.850. The van der Waals surface area contributed by atoms with Crippen LogP contribution in [0.4, 0.5) is 17.1 Å². The first-order valence-corrected chi connectivity index (χ1v) is 14.8. The molecule has 4 heteroatoms. The second-order valence-corrected chi connectivity index (χ2v) is 11.3. The fraction of sp³-hybridized carbons (Fsp3) is 0. The van der Waals surface area contributed by atoms with Gasteiger partial charge in [0.25, 0.3) is 0 Å². The van der Waals surface area contributed by atoms with E-state index < -0.39 is 0 Å². The summed E-state index contributed by atoms with van der Waals surface area (Å²) in [5.41, 5.74) is 8.28. The fourth-order valence-corrected chi connectivity index (χ4v) is 6.94. The molecule has 0 radical (unpaired) electrons. The summed E-state index contributed by atoms with van der Waals surface area (Å²) in [7, 11) is 0. The van der Waals surface area contributed by atoms with E-state index in [0.717, 1.165) is 93.7 Å². The summed E-state index contributed by atoms with van der Waals surface area (Å²) in [4.78, 5) is 2.27. The number of benzene rings is 7. The van der Waals surface area contributed by atoms with E-state index in [1.54, 1.807) is 0 Å². The van der Waals surface area contributed by atoms with E-state index in [1.807, 2.05) is 30.3 Å². The van der Waals surface area contributed by atoms with Gasteiger partial charge in [-0.2, -0.15) is 0 Å². The highest BCUT2D eigenvalue weighted by Crippen LogP contribution is 2.45. The quantitative estimate of drug-likeness (QED) is 0.214. The Morgan fingerprint density at radius 3 is 1.70 bits per heavy atom. The van der Waals surface area contributed by atoms with Crippen molar-refractivity contribution in [1.82, 2.24) is 0 Å². The van der Waals surface area contributed by atoms with Crippen LogP contribution in [0.2, 0.25) is 0 Å². The molecule has 7 aromatic carbocycles. The van der Waals surface area contributed by atoms with E-state index in [-0.39, 0.29) is 0 Å². The number of rotatable bonds is 3. The van der Waals surface area contributed by atoms with Crippen LogP contribution in [0.3, 0.4) is 0 Å². The highest BCUT2D eigenvalue weighted by molar-refractivity contribution is 6.27. The van der Waals surface area contributed by atoms with Crippen molar-refractivity contribution in [3.8, 4) is 0 Å². The van der Waals surface area contributed by atoms with Crippen molar-refractivity contribution < 1.29 is 13.3 Å². The molecule has 0 amide bonds.